The summed E-state index contributed by atoms with van der Waals surface area (Å²) in [5, 5.41) is 3.83. The Kier molecular flexibility index (Phi) is 8.72. The lowest BCUT2D eigenvalue weighted by Gasteiger charge is -2.36. The second-order valence-corrected chi connectivity index (χ2v) is 6.37. The van der Waals surface area contributed by atoms with Gasteiger partial charge in [0.15, 0.2) is 0 Å². The van der Waals surface area contributed by atoms with E-state index in [4.69, 9.17) is 0 Å². The maximum atomic E-state index is 3.83. The van der Waals surface area contributed by atoms with Gasteiger partial charge in [-0.05, 0) is 51.6 Å². The zero-order valence-electron chi connectivity index (χ0n) is 13.8. The summed E-state index contributed by atoms with van der Waals surface area (Å²) in [6.45, 7) is 9.32. The van der Waals surface area contributed by atoms with Crippen molar-refractivity contribution >= 4 is 0 Å². The monoisotopic (exact) mass is 268 g/mol. The van der Waals surface area contributed by atoms with Gasteiger partial charge < -0.3 is 10.2 Å². The third-order valence-electron chi connectivity index (χ3n) is 4.93. The van der Waals surface area contributed by atoms with Crippen LogP contribution in [0.15, 0.2) is 0 Å². The molecule has 0 aromatic heterocycles. The summed E-state index contributed by atoms with van der Waals surface area (Å²) in [5.74, 6) is 0.914. The molecule has 0 radical (unpaired) electrons. The summed E-state index contributed by atoms with van der Waals surface area (Å²) >= 11 is 0. The van der Waals surface area contributed by atoms with Gasteiger partial charge in [0.1, 0.15) is 0 Å². The molecule has 0 aromatic rings. The van der Waals surface area contributed by atoms with Crippen molar-refractivity contribution in [3.05, 3.63) is 0 Å². The number of hydrogen-bond acceptors (Lipinski definition) is 2. The number of nitrogens with zero attached hydrogens (tertiary/aromatic N) is 1. The Balaban J connectivity index is 2.51. The molecule has 0 aromatic carbocycles. The van der Waals surface area contributed by atoms with Crippen molar-refractivity contribution in [3.8, 4) is 0 Å². The molecule has 1 aliphatic rings. The lowest BCUT2D eigenvalue weighted by atomic mass is 9.83. The molecule has 2 nitrogen and oxygen atoms in total. The third kappa shape index (κ3) is 5.83. The van der Waals surface area contributed by atoms with E-state index in [9.17, 15) is 0 Å². The van der Waals surface area contributed by atoms with Crippen LogP contribution in [0.25, 0.3) is 0 Å². The van der Waals surface area contributed by atoms with Gasteiger partial charge >= 0.3 is 0 Å². The number of hydrogen-bond donors (Lipinski definition) is 1. The van der Waals surface area contributed by atoms with E-state index in [-0.39, 0.29) is 0 Å². The van der Waals surface area contributed by atoms with Gasteiger partial charge in [-0.2, -0.15) is 0 Å². The van der Waals surface area contributed by atoms with Crippen molar-refractivity contribution in [2.75, 3.05) is 20.1 Å². The van der Waals surface area contributed by atoms with E-state index in [2.05, 4.69) is 38.0 Å². The average molecular weight is 268 g/mol. The van der Waals surface area contributed by atoms with Crippen LogP contribution in [0.2, 0.25) is 0 Å². The number of nitrogens with one attached hydrogen (secondary N) is 1. The van der Waals surface area contributed by atoms with Crippen molar-refractivity contribution in [1.82, 2.24) is 10.2 Å². The largest absolute Gasteiger partial charge is 0.312 e. The lowest BCUT2D eigenvalue weighted by molar-refractivity contribution is 0.163. The van der Waals surface area contributed by atoms with Gasteiger partial charge in [0, 0.05) is 18.6 Å². The van der Waals surface area contributed by atoms with E-state index >= 15 is 0 Å². The zero-order valence-corrected chi connectivity index (χ0v) is 13.8. The fourth-order valence-corrected chi connectivity index (χ4v) is 3.62. The highest BCUT2D eigenvalue weighted by Gasteiger charge is 2.25. The lowest BCUT2D eigenvalue weighted by Crippen LogP contribution is -2.47. The Bertz CT molecular complexity index is 207. The molecule has 0 bridgehead atoms. The van der Waals surface area contributed by atoms with Crippen LogP contribution in [-0.2, 0) is 0 Å². The topological polar surface area (TPSA) is 15.3 Å². The molecular formula is C17H36N2. The van der Waals surface area contributed by atoms with Crippen LogP contribution in [0.5, 0.6) is 0 Å². The first-order valence-corrected chi connectivity index (χ1v) is 8.66. The van der Waals surface area contributed by atoms with Crippen LogP contribution in [0.1, 0.15) is 72.1 Å². The third-order valence-corrected chi connectivity index (χ3v) is 4.93. The molecule has 1 fully saturated rings. The van der Waals surface area contributed by atoms with Gasteiger partial charge in [0.2, 0.25) is 0 Å². The number of likely N-dealkylation sites (N-methyl/N-ethyl adjacent to an activating group) is 1. The Morgan fingerprint density at radius 3 is 2.21 bits per heavy atom. The minimum Gasteiger partial charge on any atom is -0.312 e. The van der Waals surface area contributed by atoms with Crippen LogP contribution in [0.4, 0.5) is 0 Å². The molecule has 0 heterocycles. The van der Waals surface area contributed by atoms with E-state index < -0.39 is 0 Å². The van der Waals surface area contributed by atoms with Gasteiger partial charge in [0.25, 0.3) is 0 Å². The van der Waals surface area contributed by atoms with Gasteiger partial charge in [0.05, 0.1) is 0 Å². The molecule has 19 heavy (non-hydrogen) atoms. The van der Waals surface area contributed by atoms with Gasteiger partial charge in [-0.3, -0.25) is 0 Å². The van der Waals surface area contributed by atoms with Crippen LogP contribution in [-0.4, -0.2) is 37.1 Å². The highest BCUT2D eigenvalue weighted by atomic mass is 15.2. The molecule has 0 spiro atoms. The second-order valence-electron chi connectivity index (χ2n) is 6.37. The Hall–Kier alpha value is -0.0800. The predicted octanol–water partition coefficient (Wildman–Crippen LogP) is 4.06. The van der Waals surface area contributed by atoms with E-state index in [0.29, 0.717) is 6.04 Å². The smallest absolute Gasteiger partial charge is 0.0223 e. The molecule has 1 aliphatic carbocycles. The zero-order chi connectivity index (χ0) is 14.1. The first-order valence-electron chi connectivity index (χ1n) is 8.66. The van der Waals surface area contributed by atoms with Crippen molar-refractivity contribution in [2.45, 2.75) is 84.2 Å². The van der Waals surface area contributed by atoms with Crippen molar-refractivity contribution < 1.29 is 0 Å². The summed E-state index contributed by atoms with van der Waals surface area (Å²) in [5.41, 5.74) is 0. The summed E-state index contributed by atoms with van der Waals surface area (Å²) in [6, 6.07) is 1.47. The molecule has 1 N–H and O–H groups in total. The Labute approximate surface area is 121 Å². The average Bonchev–Trinajstić information content (AvgIpc) is 2.45. The van der Waals surface area contributed by atoms with E-state index in [1.807, 2.05) is 0 Å². The summed E-state index contributed by atoms with van der Waals surface area (Å²) in [7, 11) is 2.32. The van der Waals surface area contributed by atoms with E-state index in [0.717, 1.165) is 12.0 Å². The standard InChI is InChI=1S/C17H36N2/c1-5-13-18-17(15-11-9-8-10-12-15)14-19(4)16(6-2)7-3/h15-18H,5-14H2,1-4H3. The van der Waals surface area contributed by atoms with E-state index in [1.165, 1.54) is 64.5 Å². The van der Waals surface area contributed by atoms with Crippen LogP contribution >= 0.6 is 0 Å². The molecule has 0 aliphatic heterocycles. The fourth-order valence-electron chi connectivity index (χ4n) is 3.62. The maximum absolute atomic E-state index is 3.83. The molecule has 0 amide bonds. The molecule has 1 rings (SSSR count). The molecule has 1 saturated carbocycles. The Morgan fingerprint density at radius 1 is 1.05 bits per heavy atom. The predicted molar refractivity (Wildman–Crippen MR) is 85.7 cm³/mol. The fraction of sp³-hybridized carbons (Fsp3) is 1.00. The van der Waals surface area contributed by atoms with Crippen LogP contribution < -0.4 is 5.32 Å². The van der Waals surface area contributed by atoms with E-state index in [1.54, 1.807) is 0 Å². The first kappa shape index (κ1) is 17.0. The summed E-state index contributed by atoms with van der Waals surface area (Å²) < 4.78 is 0. The molecule has 1 atom stereocenters. The minimum absolute atomic E-state index is 0.714. The van der Waals surface area contributed by atoms with Gasteiger partial charge in [-0.1, -0.05) is 40.0 Å². The SMILES string of the molecule is CCCNC(CN(C)C(CC)CC)C1CCCCC1. The second kappa shape index (κ2) is 9.77. The summed E-state index contributed by atoms with van der Waals surface area (Å²) in [4.78, 5) is 2.60. The minimum atomic E-state index is 0.714. The van der Waals surface area contributed by atoms with Crippen LogP contribution in [0, 0.1) is 5.92 Å². The highest BCUT2D eigenvalue weighted by molar-refractivity contribution is 4.83. The van der Waals surface area contributed by atoms with Crippen molar-refractivity contribution in [1.29, 1.82) is 0 Å². The molecule has 0 saturated heterocycles. The quantitative estimate of drug-likeness (QED) is 0.678. The van der Waals surface area contributed by atoms with Gasteiger partial charge in [-0.25, -0.2) is 0 Å². The molecule has 114 valence electrons. The van der Waals surface area contributed by atoms with Gasteiger partial charge in [-0.15, -0.1) is 0 Å². The van der Waals surface area contributed by atoms with Crippen LogP contribution in [0.3, 0.4) is 0 Å². The molecule has 1 unspecified atom stereocenters. The maximum Gasteiger partial charge on any atom is 0.0223 e. The van der Waals surface area contributed by atoms with Crippen molar-refractivity contribution in [3.63, 3.8) is 0 Å². The first-order chi connectivity index (χ1) is 9.22. The molecule has 2 heteroatoms. The Morgan fingerprint density at radius 2 is 1.68 bits per heavy atom. The summed E-state index contributed by atoms with van der Waals surface area (Å²) in [6.07, 6.45) is 11.0. The highest BCUT2D eigenvalue weighted by Crippen LogP contribution is 2.27. The number of rotatable bonds is 9. The normalized spacial score (nSPS) is 19.3. The van der Waals surface area contributed by atoms with Crippen molar-refractivity contribution in [2.24, 2.45) is 5.92 Å². The molecular weight excluding hydrogens is 232 g/mol.